The van der Waals surface area contributed by atoms with Crippen LogP contribution in [0.4, 0.5) is 10.5 Å². The molecule has 136 valence electrons. The number of carbonyl (C=O) groups excluding carboxylic acids is 2. The molecule has 26 heavy (non-hydrogen) atoms. The number of aromatic nitrogens is 1. The Bertz CT molecular complexity index is 741. The molecule has 1 aromatic carbocycles. The van der Waals surface area contributed by atoms with Crippen molar-refractivity contribution >= 4 is 17.5 Å². The summed E-state index contributed by atoms with van der Waals surface area (Å²) in [6.07, 6.45) is 5.53. The minimum atomic E-state index is -0.195. The maximum absolute atomic E-state index is 12.8. The van der Waals surface area contributed by atoms with Gasteiger partial charge in [-0.2, -0.15) is 0 Å². The lowest BCUT2D eigenvalue weighted by atomic mass is 10.1. The van der Waals surface area contributed by atoms with Gasteiger partial charge in [-0.05, 0) is 55.7 Å². The van der Waals surface area contributed by atoms with E-state index >= 15 is 0 Å². The maximum atomic E-state index is 12.8. The number of amides is 2. The van der Waals surface area contributed by atoms with Crippen LogP contribution >= 0.6 is 0 Å². The smallest absolute Gasteiger partial charge is 0.322 e. The Morgan fingerprint density at radius 3 is 2.69 bits per heavy atom. The fourth-order valence-corrected chi connectivity index (χ4v) is 2.96. The van der Waals surface area contributed by atoms with Gasteiger partial charge >= 0.3 is 6.03 Å². The number of urea groups is 1. The van der Waals surface area contributed by atoms with Crippen LogP contribution in [0.2, 0.25) is 0 Å². The number of anilines is 1. The number of carbonyl (C=O) groups is 2. The number of hydrogen-bond acceptors (Lipinski definition) is 4. The first kappa shape index (κ1) is 18.1. The monoisotopic (exact) mass is 353 g/mol. The molecule has 1 fully saturated rings. The molecule has 1 atom stereocenters. The summed E-state index contributed by atoms with van der Waals surface area (Å²) in [6.45, 7) is 3.27. The molecule has 1 aromatic heterocycles. The Kier molecular flexibility index (Phi) is 5.96. The van der Waals surface area contributed by atoms with Gasteiger partial charge in [0, 0.05) is 43.3 Å². The molecule has 1 saturated heterocycles. The predicted octanol–water partition coefficient (Wildman–Crippen LogP) is 3.50. The molecule has 6 heteroatoms. The molecule has 0 radical (unpaired) electrons. The molecule has 3 rings (SSSR count). The third-order valence-corrected chi connectivity index (χ3v) is 4.37. The number of nitrogens with zero attached hydrogens (tertiary/aromatic N) is 2. The SMILES string of the molecule is CC(=O)c1ccc(NC(=O)N(Cc2cccnc2)CC2CCCO2)cc1. The van der Waals surface area contributed by atoms with E-state index < -0.39 is 0 Å². The molecule has 0 saturated carbocycles. The molecule has 0 aliphatic carbocycles. The van der Waals surface area contributed by atoms with E-state index in [2.05, 4.69) is 10.3 Å². The Hall–Kier alpha value is -2.73. The van der Waals surface area contributed by atoms with E-state index in [-0.39, 0.29) is 17.9 Å². The summed E-state index contributed by atoms with van der Waals surface area (Å²) in [4.78, 5) is 30.0. The summed E-state index contributed by atoms with van der Waals surface area (Å²) >= 11 is 0. The van der Waals surface area contributed by atoms with E-state index in [0.717, 1.165) is 25.0 Å². The van der Waals surface area contributed by atoms with Gasteiger partial charge in [-0.25, -0.2) is 4.79 Å². The molecule has 1 aliphatic heterocycles. The van der Waals surface area contributed by atoms with Gasteiger partial charge in [0.2, 0.25) is 0 Å². The number of pyridine rings is 1. The van der Waals surface area contributed by atoms with E-state index in [4.69, 9.17) is 4.74 Å². The topological polar surface area (TPSA) is 71.5 Å². The van der Waals surface area contributed by atoms with E-state index in [9.17, 15) is 9.59 Å². The highest BCUT2D eigenvalue weighted by atomic mass is 16.5. The van der Waals surface area contributed by atoms with Crippen molar-refractivity contribution in [2.75, 3.05) is 18.5 Å². The molecule has 2 aromatic rings. The highest BCUT2D eigenvalue weighted by molar-refractivity contribution is 5.95. The van der Waals surface area contributed by atoms with Crippen LogP contribution in [0.3, 0.4) is 0 Å². The summed E-state index contributed by atoms with van der Waals surface area (Å²) < 4.78 is 5.69. The zero-order chi connectivity index (χ0) is 18.4. The number of nitrogens with one attached hydrogen (secondary N) is 1. The van der Waals surface area contributed by atoms with Crippen LogP contribution in [0.1, 0.15) is 35.7 Å². The van der Waals surface area contributed by atoms with E-state index in [1.807, 2.05) is 12.1 Å². The first-order valence-corrected chi connectivity index (χ1v) is 8.79. The van der Waals surface area contributed by atoms with Crippen molar-refractivity contribution in [3.8, 4) is 0 Å². The number of hydrogen-bond donors (Lipinski definition) is 1. The second-order valence-corrected chi connectivity index (χ2v) is 6.44. The zero-order valence-corrected chi connectivity index (χ0v) is 14.9. The van der Waals surface area contributed by atoms with Crippen LogP contribution in [0.5, 0.6) is 0 Å². The second kappa shape index (κ2) is 8.58. The van der Waals surface area contributed by atoms with Gasteiger partial charge in [-0.15, -0.1) is 0 Å². The fraction of sp³-hybridized carbons (Fsp3) is 0.350. The summed E-state index contributed by atoms with van der Waals surface area (Å²) in [5, 5.41) is 2.90. The Morgan fingerprint density at radius 2 is 2.08 bits per heavy atom. The lowest BCUT2D eigenvalue weighted by molar-refractivity contribution is 0.0819. The van der Waals surface area contributed by atoms with Crippen molar-refractivity contribution in [1.29, 1.82) is 0 Å². The van der Waals surface area contributed by atoms with Gasteiger partial charge in [-0.3, -0.25) is 9.78 Å². The molecule has 1 unspecified atom stereocenters. The quantitative estimate of drug-likeness (QED) is 0.807. The van der Waals surface area contributed by atoms with Gasteiger partial charge in [-0.1, -0.05) is 6.07 Å². The van der Waals surface area contributed by atoms with E-state index in [0.29, 0.717) is 24.3 Å². The predicted molar refractivity (Wildman–Crippen MR) is 99.1 cm³/mol. The van der Waals surface area contributed by atoms with E-state index in [1.165, 1.54) is 6.92 Å². The summed E-state index contributed by atoms with van der Waals surface area (Å²) in [6, 6.07) is 10.5. The van der Waals surface area contributed by atoms with Crippen LogP contribution in [0, 0.1) is 0 Å². The third kappa shape index (κ3) is 4.89. The summed E-state index contributed by atoms with van der Waals surface area (Å²) in [5.74, 6) is -0.000497. The van der Waals surface area contributed by atoms with Gasteiger partial charge in [0.1, 0.15) is 0 Å². The first-order valence-electron chi connectivity index (χ1n) is 8.79. The van der Waals surface area contributed by atoms with Crippen LogP contribution in [0.25, 0.3) is 0 Å². The van der Waals surface area contributed by atoms with Crippen LogP contribution in [-0.2, 0) is 11.3 Å². The Morgan fingerprint density at radius 1 is 1.27 bits per heavy atom. The molecule has 1 aliphatic rings. The molecular weight excluding hydrogens is 330 g/mol. The zero-order valence-electron chi connectivity index (χ0n) is 14.9. The van der Waals surface area contributed by atoms with Gasteiger partial charge < -0.3 is 15.0 Å². The average Bonchev–Trinajstić information content (AvgIpc) is 3.15. The number of ketones is 1. The lowest BCUT2D eigenvalue weighted by Gasteiger charge is -2.26. The minimum absolute atomic E-state index is 0.000497. The van der Waals surface area contributed by atoms with Crippen molar-refractivity contribution in [2.24, 2.45) is 0 Å². The minimum Gasteiger partial charge on any atom is -0.376 e. The third-order valence-electron chi connectivity index (χ3n) is 4.37. The standard InChI is InChI=1S/C20H23N3O3/c1-15(24)17-6-8-18(9-7-17)22-20(25)23(14-19-5-3-11-26-19)13-16-4-2-10-21-12-16/h2,4,6-10,12,19H,3,5,11,13-14H2,1H3,(H,22,25). The van der Waals surface area contributed by atoms with Crippen LogP contribution < -0.4 is 5.32 Å². The molecule has 0 spiro atoms. The molecular formula is C20H23N3O3. The molecule has 1 N–H and O–H groups in total. The molecule has 2 heterocycles. The highest BCUT2D eigenvalue weighted by Crippen LogP contribution is 2.17. The number of ether oxygens (including phenoxy) is 1. The maximum Gasteiger partial charge on any atom is 0.322 e. The molecule has 2 amide bonds. The highest BCUT2D eigenvalue weighted by Gasteiger charge is 2.23. The second-order valence-electron chi connectivity index (χ2n) is 6.44. The number of Topliss-reactive ketones (excluding diaryl/α,β-unsaturated/α-hetero) is 1. The largest absolute Gasteiger partial charge is 0.376 e. The van der Waals surface area contributed by atoms with Gasteiger partial charge in [0.25, 0.3) is 0 Å². The van der Waals surface area contributed by atoms with Crippen molar-refractivity contribution in [3.05, 3.63) is 59.9 Å². The average molecular weight is 353 g/mol. The molecule has 6 nitrogen and oxygen atoms in total. The lowest BCUT2D eigenvalue weighted by Crippen LogP contribution is -2.39. The Balaban J connectivity index is 1.69. The van der Waals surface area contributed by atoms with Crippen LogP contribution in [0.15, 0.2) is 48.8 Å². The Labute approximate surface area is 153 Å². The van der Waals surface area contributed by atoms with Gasteiger partial charge in [0.15, 0.2) is 5.78 Å². The molecule has 0 bridgehead atoms. The summed E-state index contributed by atoms with van der Waals surface area (Å²) in [5.41, 5.74) is 2.24. The number of benzene rings is 1. The van der Waals surface area contributed by atoms with Crippen molar-refractivity contribution < 1.29 is 14.3 Å². The van der Waals surface area contributed by atoms with Crippen molar-refractivity contribution in [2.45, 2.75) is 32.4 Å². The van der Waals surface area contributed by atoms with Crippen molar-refractivity contribution in [3.63, 3.8) is 0 Å². The van der Waals surface area contributed by atoms with E-state index in [1.54, 1.807) is 41.6 Å². The first-order chi connectivity index (χ1) is 12.6. The fourth-order valence-electron chi connectivity index (χ4n) is 2.96. The normalized spacial score (nSPS) is 16.3. The van der Waals surface area contributed by atoms with Gasteiger partial charge in [0.05, 0.1) is 6.10 Å². The number of rotatable bonds is 6. The van der Waals surface area contributed by atoms with Crippen LogP contribution in [-0.4, -0.2) is 41.0 Å². The summed E-state index contributed by atoms with van der Waals surface area (Å²) in [7, 11) is 0. The van der Waals surface area contributed by atoms with Crippen molar-refractivity contribution in [1.82, 2.24) is 9.88 Å².